The number of hydrogen-bond acceptors (Lipinski definition) is 5. The summed E-state index contributed by atoms with van der Waals surface area (Å²) in [4.78, 5) is 4.12. The summed E-state index contributed by atoms with van der Waals surface area (Å²) in [6.45, 7) is 1.43. The molecule has 0 spiro atoms. The van der Waals surface area contributed by atoms with E-state index in [0.29, 0.717) is 29.5 Å². The van der Waals surface area contributed by atoms with Crippen LogP contribution in [0, 0.1) is 0 Å². The molecule has 8 heteroatoms. The van der Waals surface area contributed by atoms with Crippen LogP contribution in [0.25, 0.3) is 0 Å². The minimum absolute atomic E-state index is 0.129. The molecule has 4 aromatic rings. The highest BCUT2D eigenvalue weighted by atomic mass is 35.5. The number of sulfonamides is 1. The molecule has 0 saturated carbocycles. The maximum absolute atomic E-state index is 13.8. The molecule has 0 radical (unpaired) electrons. The third-order valence-electron chi connectivity index (χ3n) is 5.14. The van der Waals surface area contributed by atoms with Crippen molar-refractivity contribution in [2.24, 2.45) is 0 Å². The van der Waals surface area contributed by atoms with Gasteiger partial charge in [0.05, 0.1) is 17.1 Å². The quantitative estimate of drug-likeness (QED) is 0.280. The summed E-state index contributed by atoms with van der Waals surface area (Å²) in [5.74, 6) is 0. The number of para-hydroxylation sites is 1. The van der Waals surface area contributed by atoms with Crippen LogP contribution in [0.3, 0.4) is 0 Å². The van der Waals surface area contributed by atoms with E-state index in [9.17, 15) is 8.42 Å². The van der Waals surface area contributed by atoms with Gasteiger partial charge in [0.25, 0.3) is 10.0 Å². The van der Waals surface area contributed by atoms with E-state index < -0.39 is 10.0 Å². The molecule has 2 N–H and O–H groups in total. The van der Waals surface area contributed by atoms with Gasteiger partial charge in [-0.2, -0.15) is 0 Å². The molecule has 6 nitrogen and oxygen atoms in total. The Morgan fingerprint density at radius 3 is 2.06 bits per heavy atom. The van der Waals surface area contributed by atoms with E-state index in [-0.39, 0.29) is 11.4 Å². The second-order valence-corrected chi connectivity index (χ2v) is 9.90. The predicted molar refractivity (Wildman–Crippen MR) is 139 cm³/mol. The molecule has 1 heterocycles. The van der Waals surface area contributed by atoms with Gasteiger partial charge >= 0.3 is 0 Å². The van der Waals surface area contributed by atoms with Gasteiger partial charge in [-0.15, -0.1) is 0 Å². The number of anilines is 3. The minimum Gasteiger partial charge on any atom is -0.383 e. The summed E-state index contributed by atoms with van der Waals surface area (Å²) < 4.78 is 29.0. The zero-order valence-electron chi connectivity index (χ0n) is 18.4. The first-order valence-electron chi connectivity index (χ1n) is 10.8. The van der Waals surface area contributed by atoms with Gasteiger partial charge in [-0.25, -0.2) is 8.42 Å². The van der Waals surface area contributed by atoms with E-state index in [1.165, 1.54) is 10.4 Å². The maximum Gasteiger partial charge on any atom is 0.264 e. The molecule has 0 bridgehead atoms. The Morgan fingerprint density at radius 2 is 1.38 bits per heavy atom. The van der Waals surface area contributed by atoms with Gasteiger partial charge in [0.1, 0.15) is 0 Å². The van der Waals surface area contributed by atoms with Crippen molar-refractivity contribution in [2.75, 3.05) is 28.0 Å². The van der Waals surface area contributed by atoms with E-state index in [4.69, 9.17) is 11.6 Å². The van der Waals surface area contributed by atoms with Crippen LogP contribution in [-0.4, -0.2) is 26.5 Å². The van der Waals surface area contributed by atoms with Crippen LogP contribution in [0.4, 0.5) is 17.1 Å². The molecule has 1 aromatic heterocycles. The molecule has 0 amide bonds. The van der Waals surface area contributed by atoms with E-state index in [1.54, 1.807) is 36.7 Å². The van der Waals surface area contributed by atoms with Gasteiger partial charge in [-0.3, -0.25) is 9.29 Å². The average Bonchev–Trinajstić information content (AvgIpc) is 2.86. The first-order chi connectivity index (χ1) is 16.5. The second-order valence-electron chi connectivity index (χ2n) is 7.60. The van der Waals surface area contributed by atoms with E-state index in [0.717, 1.165) is 11.3 Å². The Labute approximate surface area is 205 Å². The van der Waals surface area contributed by atoms with E-state index in [2.05, 4.69) is 15.6 Å². The fourth-order valence-electron chi connectivity index (χ4n) is 3.48. The average molecular weight is 493 g/mol. The number of nitrogens with zero attached hydrogens (tertiary/aromatic N) is 2. The summed E-state index contributed by atoms with van der Waals surface area (Å²) in [7, 11) is -3.88. The Balaban J connectivity index is 1.56. The van der Waals surface area contributed by atoms with Gasteiger partial charge < -0.3 is 10.6 Å². The number of benzene rings is 3. The third kappa shape index (κ3) is 6.07. The van der Waals surface area contributed by atoms with Crippen molar-refractivity contribution >= 4 is 38.7 Å². The zero-order valence-corrected chi connectivity index (χ0v) is 20.0. The Hall–Kier alpha value is -3.55. The fourth-order valence-corrected chi connectivity index (χ4v) is 5.31. The molecular formula is C26H25ClN4O2S. The van der Waals surface area contributed by atoms with Crippen molar-refractivity contribution in [3.05, 3.63) is 114 Å². The largest absolute Gasteiger partial charge is 0.383 e. The zero-order chi connectivity index (χ0) is 23.8. The number of pyridine rings is 1. The lowest BCUT2D eigenvalue weighted by molar-refractivity contribution is 0.590. The van der Waals surface area contributed by atoms with Crippen molar-refractivity contribution in [1.29, 1.82) is 0 Å². The van der Waals surface area contributed by atoms with E-state index >= 15 is 0 Å². The van der Waals surface area contributed by atoms with E-state index in [1.807, 2.05) is 60.7 Å². The smallest absolute Gasteiger partial charge is 0.264 e. The summed E-state index contributed by atoms with van der Waals surface area (Å²) in [6.07, 6.45) is 3.44. The molecule has 3 aromatic carbocycles. The SMILES string of the molecule is O=S(=O)(c1cc(Cl)cc(NCCNc2ccncc2)c1)N(Cc1ccccc1)c1ccccc1. The van der Waals surface area contributed by atoms with Crippen LogP contribution >= 0.6 is 11.6 Å². The monoisotopic (exact) mass is 492 g/mol. The van der Waals surface area contributed by atoms with Crippen molar-refractivity contribution < 1.29 is 8.42 Å². The van der Waals surface area contributed by atoms with Gasteiger partial charge in [0, 0.05) is 41.9 Å². The molecule has 174 valence electrons. The van der Waals surface area contributed by atoms with Crippen molar-refractivity contribution in [2.45, 2.75) is 11.4 Å². The number of aromatic nitrogens is 1. The fraction of sp³-hybridized carbons (Fsp3) is 0.115. The third-order valence-corrected chi connectivity index (χ3v) is 7.11. The van der Waals surface area contributed by atoms with Crippen LogP contribution in [0.15, 0.2) is 108 Å². The summed E-state index contributed by atoms with van der Waals surface area (Å²) in [5.41, 5.74) is 3.07. The number of halogens is 1. The topological polar surface area (TPSA) is 74.3 Å². The molecule has 0 aliphatic heterocycles. The number of rotatable bonds is 10. The van der Waals surface area contributed by atoms with Crippen molar-refractivity contribution in [3.8, 4) is 0 Å². The molecule has 0 fully saturated rings. The second kappa shape index (κ2) is 11.0. The lowest BCUT2D eigenvalue weighted by Crippen LogP contribution is -2.30. The molecule has 0 aliphatic rings. The summed E-state index contributed by atoms with van der Waals surface area (Å²) in [6, 6.07) is 27.2. The van der Waals surface area contributed by atoms with Gasteiger partial charge in [0.15, 0.2) is 0 Å². The first kappa shape index (κ1) is 23.6. The van der Waals surface area contributed by atoms with Crippen LogP contribution in [0.1, 0.15) is 5.56 Å². The lowest BCUT2D eigenvalue weighted by atomic mass is 10.2. The molecule has 34 heavy (non-hydrogen) atoms. The number of nitrogens with one attached hydrogen (secondary N) is 2. The summed E-state index contributed by atoms with van der Waals surface area (Å²) in [5, 5.41) is 6.88. The van der Waals surface area contributed by atoms with Gasteiger partial charge in [-0.1, -0.05) is 60.1 Å². The normalized spacial score (nSPS) is 11.1. The van der Waals surface area contributed by atoms with Gasteiger partial charge in [-0.05, 0) is 48.0 Å². The minimum atomic E-state index is -3.88. The van der Waals surface area contributed by atoms with Crippen molar-refractivity contribution in [1.82, 2.24) is 4.98 Å². The molecular weight excluding hydrogens is 468 g/mol. The van der Waals surface area contributed by atoms with Crippen molar-refractivity contribution in [3.63, 3.8) is 0 Å². The molecule has 0 atom stereocenters. The van der Waals surface area contributed by atoms with Crippen LogP contribution in [-0.2, 0) is 16.6 Å². The highest BCUT2D eigenvalue weighted by molar-refractivity contribution is 7.92. The Kier molecular flexibility index (Phi) is 7.67. The Bertz CT molecular complexity index is 1300. The Morgan fingerprint density at radius 1 is 0.765 bits per heavy atom. The highest BCUT2D eigenvalue weighted by Crippen LogP contribution is 2.29. The predicted octanol–water partition coefficient (Wildman–Crippen LogP) is 5.65. The maximum atomic E-state index is 13.8. The molecule has 4 rings (SSSR count). The lowest BCUT2D eigenvalue weighted by Gasteiger charge is -2.25. The standard InChI is InChI=1S/C26H25ClN4O2S/c27-22-17-24(30-16-15-29-23-11-13-28-14-12-23)19-26(18-22)34(32,33)31(25-9-5-2-6-10-25)20-21-7-3-1-4-8-21/h1-14,17-19,30H,15-16,20H2,(H,28,29). The van der Waals surface area contributed by atoms with Gasteiger partial charge in [0.2, 0.25) is 0 Å². The van der Waals surface area contributed by atoms with Crippen LogP contribution in [0.5, 0.6) is 0 Å². The van der Waals surface area contributed by atoms with Crippen LogP contribution in [0.2, 0.25) is 5.02 Å². The number of hydrogen-bond donors (Lipinski definition) is 2. The molecule has 0 unspecified atom stereocenters. The molecule has 0 saturated heterocycles. The highest BCUT2D eigenvalue weighted by Gasteiger charge is 2.26. The summed E-state index contributed by atoms with van der Waals surface area (Å²) >= 11 is 6.33. The first-order valence-corrected chi connectivity index (χ1v) is 12.6. The molecule has 0 aliphatic carbocycles. The van der Waals surface area contributed by atoms with Crippen LogP contribution < -0.4 is 14.9 Å².